The van der Waals surface area contributed by atoms with Crippen molar-refractivity contribution in [1.29, 1.82) is 0 Å². The second-order valence-electron chi connectivity index (χ2n) is 4.48. The van der Waals surface area contributed by atoms with Gasteiger partial charge in [0.05, 0.1) is 6.61 Å². The van der Waals surface area contributed by atoms with Crippen LogP contribution in [0.1, 0.15) is 20.8 Å². The summed E-state index contributed by atoms with van der Waals surface area (Å²) in [4.78, 5) is 11.8. The van der Waals surface area contributed by atoms with Gasteiger partial charge in [0.2, 0.25) is 6.10 Å². The van der Waals surface area contributed by atoms with Crippen LogP contribution in [0.5, 0.6) is 5.75 Å². The third kappa shape index (κ3) is 4.73. The summed E-state index contributed by atoms with van der Waals surface area (Å²) in [6.07, 6.45) is -1.98. The first kappa shape index (κ1) is 15.8. The van der Waals surface area contributed by atoms with Crippen molar-refractivity contribution in [2.24, 2.45) is 5.92 Å². The Kier molecular flexibility index (Phi) is 6.12. The van der Waals surface area contributed by atoms with Crippen LogP contribution in [0.3, 0.4) is 0 Å². The molecular formula is C14H19ClO4. The molecule has 19 heavy (non-hydrogen) atoms. The molecule has 0 heterocycles. The van der Waals surface area contributed by atoms with Crippen LogP contribution in [0, 0.1) is 5.92 Å². The molecule has 5 heteroatoms. The Morgan fingerprint density at radius 1 is 1.32 bits per heavy atom. The minimum absolute atomic E-state index is 0.123. The van der Waals surface area contributed by atoms with Crippen molar-refractivity contribution in [2.45, 2.75) is 33.0 Å². The molecule has 0 aliphatic rings. The van der Waals surface area contributed by atoms with E-state index in [1.54, 1.807) is 31.2 Å². The first-order valence-electron chi connectivity index (χ1n) is 6.22. The van der Waals surface area contributed by atoms with Crippen LogP contribution < -0.4 is 4.74 Å². The van der Waals surface area contributed by atoms with E-state index in [-0.39, 0.29) is 12.5 Å². The molecule has 0 amide bonds. The molecule has 2 unspecified atom stereocenters. The van der Waals surface area contributed by atoms with Crippen molar-refractivity contribution in [1.82, 2.24) is 0 Å². The highest BCUT2D eigenvalue weighted by atomic mass is 35.5. The molecule has 1 rings (SSSR count). The number of benzene rings is 1. The van der Waals surface area contributed by atoms with E-state index in [1.165, 1.54) is 0 Å². The fourth-order valence-corrected chi connectivity index (χ4v) is 1.62. The highest BCUT2D eigenvalue weighted by molar-refractivity contribution is 6.30. The minimum Gasteiger partial charge on any atom is -0.476 e. The largest absolute Gasteiger partial charge is 0.476 e. The van der Waals surface area contributed by atoms with E-state index in [0.29, 0.717) is 10.8 Å². The van der Waals surface area contributed by atoms with E-state index in [1.807, 2.05) is 13.8 Å². The van der Waals surface area contributed by atoms with Gasteiger partial charge >= 0.3 is 5.97 Å². The predicted octanol–water partition coefficient (Wildman–Crippen LogP) is 2.67. The van der Waals surface area contributed by atoms with E-state index < -0.39 is 18.2 Å². The summed E-state index contributed by atoms with van der Waals surface area (Å²) in [5.74, 6) is -0.234. The van der Waals surface area contributed by atoms with E-state index in [0.717, 1.165) is 0 Å². The van der Waals surface area contributed by atoms with Gasteiger partial charge in [-0.15, -0.1) is 0 Å². The zero-order chi connectivity index (χ0) is 14.4. The van der Waals surface area contributed by atoms with Crippen molar-refractivity contribution in [3.05, 3.63) is 29.3 Å². The van der Waals surface area contributed by atoms with Crippen molar-refractivity contribution in [3.63, 3.8) is 0 Å². The molecule has 4 nitrogen and oxygen atoms in total. The zero-order valence-corrected chi connectivity index (χ0v) is 12.1. The molecule has 1 N–H and O–H groups in total. The lowest BCUT2D eigenvalue weighted by molar-refractivity contribution is -0.158. The van der Waals surface area contributed by atoms with Crippen LogP contribution in [0.15, 0.2) is 24.3 Å². The Morgan fingerprint density at radius 3 is 2.37 bits per heavy atom. The van der Waals surface area contributed by atoms with Gasteiger partial charge in [-0.3, -0.25) is 0 Å². The maximum atomic E-state index is 11.8. The smallest absolute Gasteiger partial charge is 0.350 e. The van der Waals surface area contributed by atoms with Crippen LogP contribution >= 0.6 is 11.6 Å². The first-order chi connectivity index (χ1) is 8.95. The van der Waals surface area contributed by atoms with Crippen LogP contribution in [0.2, 0.25) is 5.02 Å². The molecule has 0 aliphatic heterocycles. The van der Waals surface area contributed by atoms with E-state index in [4.69, 9.17) is 21.1 Å². The Bertz CT molecular complexity index is 402. The van der Waals surface area contributed by atoms with Crippen molar-refractivity contribution < 1.29 is 19.4 Å². The SMILES string of the molecule is CCOC(=O)C(Oc1ccc(Cl)cc1)C(O)C(C)C. The maximum Gasteiger partial charge on any atom is 0.350 e. The van der Waals surface area contributed by atoms with Crippen molar-refractivity contribution in [2.75, 3.05) is 6.61 Å². The molecule has 0 saturated heterocycles. The summed E-state index contributed by atoms with van der Waals surface area (Å²) in [6, 6.07) is 6.59. The zero-order valence-electron chi connectivity index (χ0n) is 11.3. The maximum absolute atomic E-state index is 11.8. The third-order valence-electron chi connectivity index (χ3n) is 2.59. The lowest BCUT2D eigenvalue weighted by Crippen LogP contribution is -2.43. The van der Waals surface area contributed by atoms with E-state index in [9.17, 15) is 9.90 Å². The van der Waals surface area contributed by atoms with Gasteiger partial charge in [0, 0.05) is 5.02 Å². The number of halogens is 1. The third-order valence-corrected chi connectivity index (χ3v) is 2.84. The lowest BCUT2D eigenvalue weighted by Gasteiger charge is -2.24. The summed E-state index contributed by atoms with van der Waals surface area (Å²) in [6.45, 7) is 5.56. The van der Waals surface area contributed by atoms with E-state index >= 15 is 0 Å². The number of rotatable bonds is 6. The molecule has 0 spiro atoms. The second-order valence-corrected chi connectivity index (χ2v) is 4.92. The fraction of sp³-hybridized carbons (Fsp3) is 0.500. The molecule has 1 aromatic rings. The Hall–Kier alpha value is -1.26. The number of ether oxygens (including phenoxy) is 2. The van der Waals surface area contributed by atoms with Crippen LogP contribution in [-0.2, 0) is 9.53 Å². The molecule has 0 aliphatic carbocycles. The number of aliphatic hydroxyl groups is 1. The summed E-state index contributed by atoms with van der Waals surface area (Å²) in [7, 11) is 0. The summed E-state index contributed by atoms with van der Waals surface area (Å²) >= 11 is 5.78. The first-order valence-corrected chi connectivity index (χ1v) is 6.60. The number of carbonyl (C=O) groups excluding carboxylic acids is 1. The lowest BCUT2D eigenvalue weighted by atomic mass is 10.0. The molecule has 0 aromatic heterocycles. The number of esters is 1. The molecule has 0 bridgehead atoms. The van der Waals surface area contributed by atoms with Crippen molar-refractivity contribution >= 4 is 17.6 Å². The Labute approximate surface area is 118 Å². The normalized spacial score (nSPS) is 14.0. The summed E-state index contributed by atoms with van der Waals surface area (Å²) in [5, 5.41) is 10.6. The van der Waals surface area contributed by atoms with Gasteiger partial charge in [-0.05, 0) is 37.1 Å². The predicted molar refractivity (Wildman–Crippen MR) is 73.3 cm³/mol. The van der Waals surface area contributed by atoms with Gasteiger partial charge in [-0.2, -0.15) is 0 Å². The number of hydrogen-bond donors (Lipinski definition) is 1. The molecular weight excluding hydrogens is 268 g/mol. The van der Waals surface area contributed by atoms with Gasteiger partial charge in [-0.25, -0.2) is 4.79 Å². The second kappa shape index (κ2) is 7.36. The Morgan fingerprint density at radius 2 is 1.89 bits per heavy atom. The van der Waals surface area contributed by atoms with Gasteiger partial charge in [0.15, 0.2) is 0 Å². The molecule has 106 valence electrons. The van der Waals surface area contributed by atoms with Gasteiger partial charge in [0.25, 0.3) is 0 Å². The van der Waals surface area contributed by atoms with Crippen LogP contribution in [0.25, 0.3) is 0 Å². The average molecular weight is 287 g/mol. The molecule has 1 aromatic carbocycles. The molecule has 2 atom stereocenters. The molecule has 0 radical (unpaired) electrons. The quantitative estimate of drug-likeness (QED) is 0.817. The topological polar surface area (TPSA) is 55.8 Å². The number of aliphatic hydroxyl groups excluding tert-OH is 1. The monoisotopic (exact) mass is 286 g/mol. The Balaban J connectivity index is 2.84. The highest BCUT2D eigenvalue weighted by Crippen LogP contribution is 2.20. The van der Waals surface area contributed by atoms with Gasteiger partial charge in [0.1, 0.15) is 11.9 Å². The number of hydrogen-bond acceptors (Lipinski definition) is 4. The van der Waals surface area contributed by atoms with E-state index in [2.05, 4.69) is 0 Å². The molecule has 0 fully saturated rings. The summed E-state index contributed by atoms with van der Waals surface area (Å²) < 4.78 is 10.4. The highest BCUT2D eigenvalue weighted by Gasteiger charge is 2.32. The molecule has 0 saturated carbocycles. The van der Waals surface area contributed by atoms with Gasteiger partial charge in [-0.1, -0.05) is 25.4 Å². The minimum atomic E-state index is -1.04. The van der Waals surface area contributed by atoms with Crippen LogP contribution in [-0.4, -0.2) is 29.9 Å². The van der Waals surface area contributed by atoms with Gasteiger partial charge < -0.3 is 14.6 Å². The van der Waals surface area contributed by atoms with Crippen LogP contribution in [0.4, 0.5) is 0 Å². The standard InChI is InChI=1S/C14H19ClO4/c1-4-18-14(17)13(12(16)9(2)3)19-11-7-5-10(15)6-8-11/h5-9,12-13,16H,4H2,1-3H3. The van der Waals surface area contributed by atoms with Crippen molar-refractivity contribution in [3.8, 4) is 5.75 Å². The number of carbonyl (C=O) groups is 1. The average Bonchev–Trinajstić information content (AvgIpc) is 2.37. The summed E-state index contributed by atoms with van der Waals surface area (Å²) in [5.41, 5.74) is 0. The fourth-order valence-electron chi connectivity index (χ4n) is 1.49.